The fourth-order valence-electron chi connectivity index (χ4n) is 6.04. The zero-order valence-electron chi connectivity index (χ0n) is 15.0. The zero-order chi connectivity index (χ0) is 16.4. The summed E-state index contributed by atoms with van der Waals surface area (Å²) in [6.45, 7) is 7.61. The Morgan fingerprint density at radius 3 is 2.46 bits per heavy atom. The molecule has 0 aromatic heterocycles. The first-order chi connectivity index (χ1) is 11.7. The highest BCUT2D eigenvalue weighted by atomic mass is 15.5. The van der Waals surface area contributed by atoms with Crippen LogP contribution in [0.2, 0.25) is 0 Å². The van der Waals surface area contributed by atoms with Crippen LogP contribution in [0.4, 0.5) is 0 Å². The number of hydrogen-bond donors (Lipinski definition) is 0. The van der Waals surface area contributed by atoms with Crippen LogP contribution in [0.1, 0.15) is 61.4 Å². The van der Waals surface area contributed by atoms with Crippen LogP contribution in [0, 0.1) is 5.92 Å². The van der Waals surface area contributed by atoms with E-state index in [2.05, 4.69) is 62.4 Å². The molecule has 5 rings (SSSR count). The molecule has 0 unspecified atom stereocenters. The number of fused-ring (bicyclic) bond motifs is 7. The maximum atomic E-state index is 2.56. The lowest BCUT2D eigenvalue weighted by atomic mass is 9.77. The molecule has 0 N–H and O–H groups in total. The number of hydrogen-bond acceptors (Lipinski definition) is 0. The summed E-state index contributed by atoms with van der Waals surface area (Å²) in [5.74, 6) is 0.956. The molecular formula is C23H28N+. The first-order valence-electron chi connectivity index (χ1n) is 9.75. The number of rotatable bonds is 4. The normalized spacial score (nSPS) is 33.2. The van der Waals surface area contributed by atoms with Crippen molar-refractivity contribution in [2.24, 2.45) is 5.92 Å². The molecule has 124 valence electrons. The van der Waals surface area contributed by atoms with Gasteiger partial charge in [0.15, 0.2) is 0 Å². The van der Waals surface area contributed by atoms with Crippen molar-refractivity contribution in [3.05, 3.63) is 70.8 Å². The Balaban J connectivity index is 1.80. The van der Waals surface area contributed by atoms with E-state index in [1.54, 1.807) is 22.3 Å². The molecule has 1 heteroatoms. The van der Waals surface area contributed by atoms with E-state index in [0.717, 1.165) is 5.92 Å². The quantitative estimate of drug-likeness (QED) is 0.680. The SMILES string of the molecule is CCC[N@@+]1(CC2CC2)[C@@H]2Cc3ccccc3[C@@]1(C)c1ccccc12. The summed E-state index contributed by atoms with van der Waals surface area (Å²) in [6.07, 6.45) is 5.39. The van der Waals surface area contributed by atoms with E-state index in [-0.39, 0.29) is 5.54 Å². The minimum absolute atomic E-state index is 0.134. The molecule has 0 saturated heterocycles. The van der Waals surface area contributed by atoms with Crippen molar-refractivity contribution in [3.8, 4) is 0 Å². The van der Waals surface area contributed by atoms with Crippen LogP contribution < -0.4 is 0 Å². The van der Waals surface area contributed by atoms with Gasteiger partial charge in [0, 0.05) is 29.0 Å². The molecular weight excluding hydrogens is 290 g/mol. The van der Waals surface area contributed by atoms with Crippen molar-refractivity contribution in [1.29, 1.82) is 0 Å². The van der Waals surface area contributed by atoms with Gasteiger partial charge in [-0.15, -0.1) is 0 Å². The molecule has 2 aromatic rings. The summed E-state index contributed by atoms with van der Waals surface area (Å²) < 4.78 is 1.28. The third kappa shape index (κ3) is 1.69. The molecule has 0 radical (unpaired) electrons. The number of quaternary nitrogens is 1. The third-order valence-corrected chi connectivity index (χ3v) is 7.19. The molecule has 0 amide bonds. The molecule has 2 aromatic carbocycles. The van der Waals surface area contributed by atoms with Crippen LogP contribution in [0.25, 0.3) is 0 Å². The minimum atomic E-state index is 0.134. The van der Waals surface area contributed by atoms with Crippen molar-refractivity contribution >= 4 is 0 Å². The highest BCUT2D eigenvalue weighted by molar-refractivity contribution is 5.51. The molecule has 0 spiro atoms. The van der Waals surface area contributed by atoms with E-state index >= 15 is 0 Å². The highest BCUT2D eigenvalue weighted by Crippen LogP contribution is 2.61. The average molecular weight is 318 g/mol. The van der Waals surface area contributed by atoms with Crippen LogP contribution in [-0.2, 0) is 12.0 Å². The van der Waals surface area contributed by atoms with E-state index in [9.17, 15) is 0 Å². The second kappa shape index (κ2) is 4.95. The Labute approximate surface area is 145 Å². The first kappa shape index (κ1) is 14.7. The van der Waals surface area contributed by atoms with Gasteiger partial charge in [0.25, 0.3) is 0 Å². The second-order valence-electron chi connectivity index (χ2n) is 8.42. The van der Waals surface area contributed by atoms with Crippen LogP contribution >= 0.6 is 0 Å². The lowest BCUT2D eigenvalue weighted by Crippen LogP contribution is -2.63. The van der Waals surface area contributed by atoms with Gasteiger partial charge in [0.1, 0.15) is 11.6 Å². The fraction of sp³-hybridized carbons (Fsp3) is 0.478. The fourth-order valence-corrected chi connectivity index (χ4v) is 6.04. The van der Waals surface area contributed by atoms with Crippen LogP contribution in [0.3, 0.4) is 0 Å². The molecule has 2 bridgehead atoms. The molecule has 2 aliphatic heterocycles. The molecule has 2 heterocycles. The third-order valence-electron chi connectivity index (χ3n) is 7.19. The Bertz CT molecular complexity index is 777. The minimum Gasteiger partial charge on any atom is -0.305 e. The van der Waals surface area contributed by atoms with E-state index in [1.807, 2.05) is 0 Å². The molecule has 3 aliphatic rings. The van der Waals surface area contributed by atoms with Gasteiger partial charge in [0.05, 0.1) is 13.1 Å². The van der Waals surface area contributed by atoms with E-state index < -0.39 is 0 Å². The number of nitrogens with zero attached hydrogens (tertiary/aromatic N) is 1. The predicted octanol–water partition coefficient (Wildman–Crippen LogP) is 5.20. The summed E-state index contributed by atoms with van der Waals surface area (Å²) in [4.78, 5) is 0. The van der Waals surface area contributed by atoms with Crippen molar-refractivity contribution in [2.45, 2.75) is 51.1 Å². The van der Waals surface area contributed by atoms with Crippen molar-refractivity contribution in [2.75, 3.05) is 13.1 Å². The van der Waals surface area contributed by atoms with Crippen molar-refractivity contribution < 1.29 is 4.48 Å². The Kier molecular flexibility index (Phi) is 3.04. The Morgan fingerprint density at radius 2 is 1.71 bits per heavy atom. The van der Waals surface area contributed by atoms with Gasteiger partial charge in [-0.1, -0.05) is 55.5 Å². The summed E-state index contributed by atoms with van der Waals surface area (Å²) in [5.41, 5.74) is 6.55. The molecule has 1 nitrogen and oxygen atoms in total. The van der Waals surface area contributed by atoms with Gasteiger partial charge in [-0.3, -0.25) is 0 Å². The molecule has 3 atom stereocenters. The second-order valence-corrected chi connectivity index (χ2v) is 8.42. The predicted molar refractivity (Wildman–Crippen MR) is 98.8 cm³/mol. The highest BCUT2D eigenvalue weighted by Gasteiger charge is 2.64. The Hall–Kier alpha value is -1.60. The zero-order valence-corrected chi connectivity index (χ0v) is 15.0. The topological polar surface area (TPSA) is 0 Å². The summed E-state index contributed by atoms with van der Waals surface area (Å²) >= 11 is 0. The lowest BCUT2D eigenvalue weighted by molar-refractivity contribution is -0.999. The maximum Gasteiger partial charge on any atom is 0.149 e. The van der Waals surface area contributed by atoms with E-state index in [1.165, 1.54) is 43.3 Å². The Morgan fingerprint density at radius 1 is 1.00 bits per heavy atom. The molecule has 1 fully saturated rings. The lowest BCUT2D eigenvalue weighted by Gasteiger charge is -2.55. The van der Waals surface area contributed by atoms with Crippen LogP contribution in [-0.4, -0.2) is 17.6 Å². The molecule has 24 heavy (non-hydrogen) atoms. The van der Waals surface area contributed by atoms with Gasteiger partial charge >= 0.3 is 0 Å². The maximum absolute atomic E-state index is 2.56. The summed E-state index contributed by atoms with van der Waals surface area (Å²) in [7, 11) is 0. The van der Waals surface area contributed by atoms with Crippen molar-refractivity contribution in [3.63, 3.8) is 0 Å². The standard InChI is InChI=1S/C23H28N/c1-3-14-24(16-17-12-13-17)22-15-18-8-4-6-10-20(18)23(24,2)21-11-7-5-9-19(21)22/h4-11,17,22H,3,12-16H2,1-2H3/q+1/t22-,23+,24-/m1/s1. The van der Waals surface area contributed by atoms with Gasteiger partial charge in [-0.2, -0.15) is 0 Å². The van der Waals surface area contributed by atoms with Crippen LogP contribution in [0.5, 0.6) is 0 Å². The molecule has 1 saturated carbocycles. The van der Waals surface area contributed by atoms with Crippen LogP contribution in [0.15, 0.2) is 48.5 Å². The smallest absolute Gasteiger partial charge is 0.149 e. The van der Waals surface area contributed by atoms with Gasteiger partial charge < -0.3 is 4.48 Å². The summed E-state index contributed by atoms with van der Waals surface area (Å²) in [5, 5.41) is 0. The first-order valence-corrected chi connectivity index (χ1v) is 9.75. The van der Waals surface area contributed by atoms with Gasteiger partial charge in [0.2, 0.25) is 0 Å². The summed E-state index contributed by atoms with van der Waals surface area (Å²) in [6, 6.07) is 19.3. The average Bonchev–Trinajstić information content (AvgIpc) is 3.40. The van der Waals surface area contributed by atoms with E-state index in [0.29, 0.717) is 6.04 Å². The number of benzene rings is 2. The van der Waals surface area contributed by atoms with Crippen molar-refractivity contribution in [1.82, 2.24) is 0 Å². The van der Waals surface area contributed by atoms with Gasteiger partial charge in [-0.05, 0) is 31.7 Å². The monoisotopic (exact) mass is 318 g/mol. The largest absolute Gasteiger partial charge is 0.305 e. The molecule has 1 aliphatic carbocycles. The van der Waals surface area contributed by atoms with Gasteiger partial charge in [-0.25, -0.2) is 0 Å². The van der Waals surface area contributed by atoms with E-state index in [4.69, 9.17) is 0 Å².